The zero-order valence-corrected chi connectivity index (χ0v) is 16.2. The summed E-state index contributed by atoms with van der Waals surface area (Å²) in [7, 11) is 0. The van der Waals surface area contributed by atoms with Gasteiger partial charge in [0.25, 0.3) is 0 Å². The van der Waals surface area contributed by atoms with Crippen molar-refractivity contribution in [1.29, 1.82) is 0 Å². The molecule has 2 heterocycles. The van der Waals surface area contributed by atoms with Gasteiger partial charge in [0.05, 0.1) is 17.7 Å². The molecule has 2 aliphatic rings. The van der Waals surface area contributed by atoms with Gasteiger partial charge in [-0.1, -0.05) is 24.2 Å². The van der Waals surface area contributed by atoms with Crippen LogP contribution in [-0.2, 0) is 14.4 Å². The van der Waals surface area contributed by atoms with Crippen molar-refractivity contribution in [3.8, 4) is 0 Å². The number of nitrogens with zero attached hydrogens (tertiary/aromatic N) is 2. The molecule has 3 rings (SSSR count). The molecule has 2 aliphatic heterocycles. The van der Waals surface area contributed by atoms with Gasteiger partial charge in [0, 0.05) is 12.8 Å². The minimum Gasteiger partial charge on any atom is -0.466 e. The van der Waals surface area contributed by atoms with Crippen molar-refractivity contribution >= 4 is 11.7 Å². The summed E-state index contributed by atoms with van der Waals surface area (Å²) in [4.78, 5) is 20.8. The Morgan fingerprint density at radius 3 is 2.63 bits per heavy atom. The highest BCUT2D eigenvalue weighted by molar-refractivity contribution is 6.01. The zero-order valence-electron chi connectivity index (χ0n) is 16.2. The maximum atomic E-state index is 13.1. The lowest BCUT2D eigenvalue weighted by atomic mass is 9.73. The fourth-order valence-corrected chi connectivity index (χ4v) is 4.08. The number of hydrogen-bond donors (Lipinski definition) is 0. The van der Waals surface area contributed by atoms with Crippen LogP contribution in [0.2, 0.25) is 0 Å². The van der Waals surface area contributed by atoms with Gasteiger partial charge in [-0.05, 0) is 63.5 Å². The van der Waals surface area contributed by atoms with E-state index in [2.05, 4.69) is 17.0 Å². The quantitative estimate of drug-likeness (QED) is 0.680. The summed E-state index contributed by atoms with van der Waals surface area (Å²) in [5.41, 5.74) is 1.17. The Balaban J connectivity index is 1.65. The average molecular weight is 376 g/mol. The Morgan fingerprint density at radius 1 is 1.30 bits per heavy atom. The Kier molecular flexibility index (Phi) is 6.47. The highest BCUT2D eigenvalue weighted by Crippen LogP contribution is 2.40. The SMILES string of the molecule is CCCN1CCC(C[C@@H]2CC(c3ccc(F)cc3)=NO2)(C(=O)OCC)CC1. The van der Waals surface area contributed by atoms with E-state index in [9.17, 15) is 9.18 Å². The van der Waals surface area contributed by atoms with Gasteiger partial charge >= 0.3 is 5.97 Å². The number of likely N-dealkylation sites (tertiary alicyclic amines) is 1. The number of piperidine rings is 1. The van der Waals surface area contributed by atoms with E-state index in [1.807, 2.05) is 6.92 Å². The molecule has 0 unspecified atom stereocenters. The minimum atomic E-state index is -0.501. The molecule has 0 N–H and O–H groups in total. The number of carbonyl (C=O) groups excluding carboxylic acids is 1. The number of carbonyl (C=O) groups is 1. The molecule has 5 nitrogen and oxygen atoms in total. The fraction of sp³-hybridized carbons (Fsp3) is 0.619. The molecule has 0 saturated carbocycles. The molecular formula is C21H29FN2O3. The first-order valence-electron chi connectivity index (χ1n) is 9.94. The predicted molar refractivity (Wildman–Crippen MR) is 102 cm³/mol. The second-order valence-corrected chi connectivity index (χ2v) is 7.52. The molecule has 0 aromatic heterocycles. The van der Waals surface area contributed by atoms with Crippen molar-refractivity contribution in [2.24, 2.45) is 10.6 Å². The molecular weight excluding hydrogens is 347 g/mol. The first-order valence-corrected chi connectivity index (χ1v) is 9.94. The van der Waals surface area contributed by atoms with Crippen LogP contribution in [0.3, 0.4) is 0 Å². The maximum Gasteiger partial charge on any atom is 0.312 e. The van der Waals surface area contributed by atoms with E-state index in [4.69, 9.17) is 9.57 Å². The standard InChI is InChI=1S/C21H29FN2O3/c1-3-11-24-12-9-21(10-13-24,20(25)26-4-2)15-18-14-19(23-27-18)16-5-7-17(22)8-6-16/h5-8,18H,3-4,9-15H2,1-2H3/t18-/m0/s1. The van der Waals surface area contributed by atoms with Crippen LogP contribution >= 0.6 is 0 Å². The number of benzene rings is 1. The van der Waals surface area contributed by atoms with Crippen LogP contribution < -0.4 is 0 Å². The van der Waals surface area contributed by atoms with Gasteiger partial charge in [0.15, 0.2) is 0 Å². The van der Waals surface area contributed by atoms with E-state index in [0.29, 0.717) is 19.4 Å². The summed E-state index contributed by atoms with van der Waals surface area (Å²) >= 11 is 0. The van der Waals surface area contributed by atoms with Crippen molar-refractivity contribution in [3.63, 3.8) is 0 Å². The highest BCUT2D eigenvalue weighted by Gasteiger charge is 2.45. The molecule has 1 aromatic carbocycles. The van der Waals surface area contributed by atoms with Crippen molar-refractivity contribution < 1.29 is 18.8 Å². The van der Waals surface area contributed by atoms with Gasteiger partial charge in [0.2, 0.25) is 0 Å². The summed E-state index contributed by atoms with van der Waals surface area (Å²) in [6.07, 6.45) is 3.79. The summed E-state index contributed by atoms with van der Waals surface area (Å²) in [6, 6.07) is 6.28. The smallest absolute Gasteiger partial charge is 0.312 e. The first-order chi connectivity index (χ1) is 13.1. The van der Waals surface area contributed by atoms with Gasteiger partial charge < -0.3 is 14.5 Å². The molecule has 148 valence electrons. The summed E-state index contributed by atoms with van der Waals surface area (Å²) in [5, 5.41) is 4.20. The van der Waals surface area contributed by atoms with Gasteiger partial charge in [-0.3, -0.25) is 4.79 Å². The third kappa shape index (κ3) is 4.67. The molecule has 0 spiro atoms. The van der Waals surface area contributed by atoms with E-state index in [0.717, 1.165) is 50.2 Å². The second kappa shape index (κ2) is 8.83. The molecule has 0 bridgehead atoms. The van der Waals surface area contributed by atoms with Gasteiger partial charge in [-0.15, -0.1) is 0 Å². The third-order valence-corrected chi connectivity index (χ3v) is 5.59. The molecule has 1 aromatic rings. The fourth-order valence-electron chi connectivity index (χ4n) is 4.08. The summed E-state index contributed by atoms with van der Waals surface area (Å²) < 4.78 is 18.6. The van der Waals surface area contributed by atoms with Crippen LogP contribution in [0, 0.1) is 11.2 Å². The van der Waals surface area contributed by atoms with Crippen molar-refractivity contribution in [2.75, 3.05) is 26.2 Å². The normalized spacial score (nSPS) is 22.2. The molecule has 0 radical (unpaired) electrons. The lowest BCUT2D eigenvalue weighted by molar-refractivity contribution is -0.161. The molecule has 0 aliphatic carbocycles. The number of hydrogen-bond acceptors (Lipinski definition) is 5. The number of ether oxygens (including phenoxy) is 1. The second-order valence-electron chi connectivity index (χ2n) is 7.52. The Morgan fingerprint density at radius 2 is 2.00 bits per heavy atom. The van der Waals surface area contributed by atoms with Crippen LogP contribution in [-0.4, -0.2) is 48.9 Å². The molecule has 6 heteroatoms. The number of rotatable bonds is 7. The average Bonchev–Trinajstić information content (AvgIpc) is 3.13. The van der Waals surface area contributed by atoms with Crippen molar-refractivity contribution in [1.82, 2.24) is 4.90 Å². The van der Waals surface area contributed by atoms with E-state index >= 15 is 0 Å². The third-order valence-electron chi connectivity index (χ3n) is 5.59. The van der Waals surface area contributed by atoms with E-state index in [-0.39, 0.29) is 17.9 Å². The van der Waals surface area contributed by atoms with Crippen LogP contribution in [0.25, 0.3) is 0 Å². The van der Waals surface area contributed by atoms with Crippen molar-refractivity contribution in [3.05, 3.63) is 35.6 Å². The molecule has 1 saturated heterocycles. The molecule has 1 atom stereocenters. The van der Waals surface area contributed by atoms with Gasteiger partial charge in [0.1, 0.15) is 11.9 Å². The van der Waals surface area contributed by atoms with Crippen molar-refractivity contribution in [2.45, 2.75) is 52.1 Å². The first kappa shape index (κ1) is 19.8. The summed E-state index contributed by atoms with van der Waals surface area (Å²) in [6.45, 7) is 7.29. The molecule has 1 fully saturated rings. The van der Waals surface area contributed by atoms with Crippen LogP contribution in [0.15, 0.2) is 29.4 Å². The molecule has 27 heavy (non-hydrogen) atoms. The molecule has 0 amide bonds. The number of esters is 1. The Bertz CT molecular complexity index is 667. The van der Waals surface area contributed by atoms with Gasteiger partial charge in [-0.2, -0.15) is 0 Å². The van der Waals surface area contributed by atoms with Crippen LogP contribution in [0.4, 0.5) is 4.39 Å². The lowest BCUT2D eigenvalue weighted by Crippen LogP contribution is -2.47. The largest absolute Gasteiger partial charge is 0.466 e. The van der Waals surface area contributed by atoms with Crippen LogP contribution in [0.5, 0.6) is 0 Å². The van der Waals surface area contributed by atoms with Gasteiger partial charge in [-0.25, -0.2) is 4.39 Å². The Hall–Kier alpha value is -1.95. The predicted octanol–water partition coefficient (Wildman–Crippen LogP) is 3.76. The number of oxime groups is 1. The minimum absolute atomic E-state index is 0.111. The summed E-state index contributed by atoms with van der Waals surface area (Å²) in [5.74, 6) is -0.380. The zero-order chi connectivity index (χ0) is 19.3. The highest BCUT2D eigenvalue weighted by atomic mass is 19.1. The monoisotopic (exact) mass is 376 g/mol. The van der Waals surface area contributed by atoms with E-state index in [1.54, 1.807) is 12.1 Å². The maximum absolute atomic E-state index is 13.1. The van der Waals surface area contributed by atoms with Crippen LogP contribution in [0.1, 0.15) is 51.5 Å². The van der Waals surface area contributed by atoms with E-state index in [1.165, 1.54) is 12.1 Å². The lowest BCUT2D eigenvalue weighted by Gasteiger charge is -2.40. The topological polar surface area (TPSA) is 51.1 Å². The van der Waals surface area contributed by atoms with E-state index < -0.39 is 5.41 Å². The Labute approximate surface area is 160 Å². The number of halogens is 1.